The molecule has 0 unspecified atom stereocenters. The molecule has 1 aliphatic heterocycles. The highest BCUT2D eigenvalue weighted by Gasteiger charge is 2.15. The van der Waals surface area contributed by atoms with E-state index in [1.165, 1.54) is 0 Å². The topological polar surface area (TPSA) is 32.3 Å². The molecule has 1 aromatic rings. The van der Waals surface area contributed by atoms with Crippen LogP contribution in [0.4, 0.5) is 0 Å². The summed E-state index contributed by atoms with van der Waals surface area (Å²) in [5.41, 5.74) is 1.15. The minimum absolute atomic E-state index is 0.100. The van der Waals surface area contributed by atoms with Gasteiger partial charge in [-0.25, -0.2) is 0 Å². The van der Waals surface area contributed by atoms with E-state index < -0.39 is 0 Å². The molecule has 1 amide bonds. The summed E-state index contributed by atoms with van der Waals surface area (Å²) in [5.74, 6) is 0.100. The number of hydrogen-bond acceptors (Lipinski definition) is 2. The van der Waals surface area contributed by atoms with Crippen molar-refractivity contribution < 1.29 is 4.79 Å². The van der Waals surface area contributed by atoms with Gasteiger partial charge < -0.3 is 5.32 Å². The van der Waals surface area contributed by atoms with Crippen LogP contribution in [0, 0.1) is 0 Å². The summed E-state index contributed by atoms with van der Waals surface area (Å²) in [5, 5.41) is 3.55. The fourth-order valence-corrected chi connectivity index (χ4v) is 1.93. The predicted octanol–water partition coefficient (Wildman–Crippen LogP) is 1.27. The van der Waals surface area contributed by atoms with Crippen LogP contribution in [0.1, 0.15) is 5.56 Å². The van der Waals surface area contributed by atoms with Gasteiger partial charge in [-0.05, 0) is 17.7 Å². The first-order chi connectivity index (χ1) is 7.24. The maximum atomic E-state index is 11.2. The van der Waals surface area contributed by atoms with Gasteiger partial charge in [0.15, 0.2) is 0 Å². The number of nitrogens with zero attached hydrogens (tertiary/aromatic N) is 1. The summed E-state index contributed by atoms with van der Waals surface area (Å²) in [6, 6.07) is 7.75. The minimum Gasteiger partial charge on any atom is -0.354 e. The van der Waals surface area contributed by atoms with Crippen LogP contribution in [0.15, 0.2) is 24.3 Å². The van der Waals surface area contributed by atoms with E-state index in [-0.39, 0.29) is 5.91 Å². The van der Waals surface area contributed by atoms with Crippen molar-refractivity contribution >= 4 is 17.5 Å². The number of carbonyl (C=O) groups is 1. The highest BCUT2D eigenvalue weighted by molar-refractivity contribution is 6.30. The monoisotopic (exact) mass is 224 g/mol. The predicted molar refractivity (Wildman–Crippen MR) is 59.7 cm³/mol. The Balaban J connectivity index is 1.99. The van der Waals surface area contributed by atoms with E-state index in [2.05, 4.69) is 10.2 Å². The summed E-state index contributed by atoms with van der Waals surface area (Å²) in [7, 11) is 0. The Morgan fingerprint density at radius 1 is 1.47 bits per heavy atom. The van der Waals surface area contributed by atoms with Gasteiger partial charge in [0.2, 0.25) is 5.91 Å². The van der Waals surface area contributed by atoms with E-state index in [1.54, 1.807) is 0 Å². The molecule has 0 atom stereocenters. The van der Waals surface area contributed by atoms with E-state index >= 15 is 0 Å². The van der Waals surface area contributed by atoms with Crippen LogP contribution < -0.4 is 5.32 Å². The third-order valence-electron chi connectivity index (χ3n) is 2.41. The van der Waals surface area contributed by atoms with Crippen molar-refractivity contribution in [2.75, 3.05) is 19.6 Å². The van der Waals surface area contributed by atoms with Gasteiger partial charge in [-0.1, -0.05) is 23.7 Å². The third-order valence-corrected chi connectivity index (χ3v) is 2.65. The van der Waals surface area contributed by atoms with Crippen LogP contribution in [-0.4, -0.2) is 30.4 Å². The Kier molecular flexibility index (Phi) is 3.23. The van der Waals surface area contributed by atoms with Crippen molar-refractivity contribution in [1.82, 2.24) is 10.2 Å². The molecule has 15 heavy (non-hydrogen) atoms. The Morgan fingerprint density at radius 2 is 2.33 bits per heavy atom. The lowest BCUT2D eigenvalue weighted by atomic mass is 10.2. The van der Waals surface area contributed by atoms with E-state index in [4.69, 9.17) is 11.6 Å². The quantitative estimate of drug-likeness (QED) is 0.821. The average Bonchev–Trinajstić information content (AvgIpc) is 2.17. The first kappa shape index (κ1) is 10.5. The summed E-state index contributed by atoms with van der Waals surface area (Å²) < 4.78 is 0. The molecule has 80 valence electrons. The molecule has 1 aromatic carbocycles. The molecule has 0 aromatic heterocycles. The third kappa shape index (κ3) is 2.94. The molecule has 0 radical (unpaired) electrons. The maximum Gasteiger partial charge on any atom is 0.234 e. The number of rotatable bonds is 2. The lowest BCUT2D eigenvalue weighted by Gasteiger charge is -2.26. The number of hydrogen-bond donors (Lipinski definition) is 1. The minimum atomic E-state index is 0.100. The maximum absolute atomic E-state index is 11.2. The number of nitrogens with one attached hydrogen (secondary N) is 1. The number of amides is 1. The molecule has 2 rings (SSSR count). The van der Waals surface area contributed by atoms with Crippen LogP contribution in [0.2, 0.25) is 5.02 Å². The van der Waals surface area contributed by atoms with Crippen LogP contribution in [0.3, 0.4) is 0 Å². The van der Waals surface area contributed by atoms with Gasteiger partial charge in [-0.3, -0.25) is 9.69 Å². The summed E-state index contributed by atoms with van der Waals surface area (Å²) in [4.78, 5) is 13.3. The molecular formula is C11H13ClN2O. The van der Waals surface area contributed by atoms with Gasteiger partial charge in [-0.2, -0.15) is 0 Å². The molecule has 0 aliphatic carbocycles. The largest absolute Gasteiger partial charge is 0.354 e. The van der Waals surface area contributed by atoms with E-state index in [9.17, 15) is 4.79 Å². The van der Waals surface area contributed by atoms with Crippen molar-refractivity contribution in [3.05, 3.63) is 34.9 Å². The smallest absolute Gasteiger partial charge is 0.234 e. The number of carbonyl (C=O) groups excluding carboxylic acids is 1. The van der Waals surface area contributed by atoms with Gasteiger partial charge in [-0.15, -0.1) is 0 Å². The zero-order chi connectivity index (χ0) is 10.7. The fraction of sp³-hybridized carbons (Fsp3) is 0.364. The Morgan fingerprint density at radius 3 is 3.07 bits per heavy atom. The molecule has 1 fully saturated rings. The van der Waals surface area contributed by atoms with Crippen LogP contribution in [-0.2, 0) is 11.3 Å². The lowest BCUT2D eigenvalue weighted by Crippen LogP contribution is -2.47. The van der Waals surface area contributed by atoms with Crippen LogP contribution in [0.25, 0.3) is 0 Å². The Labute approximate surface area is 94.0 Å². The van der Waals surface area contributed by atoms with Gasteiger partial charge in [0.25, 0.3) is 0 Å². The molecule has 4 heteroatoms. The van der Waals surface area contributed by atoms with E-state index in [0.717, 1.165) is 30.2 Å². The normalized spacial score (nSPS) is 17.5. The highest BCUT2D eigenvalue weighted by atomic mass is 35.5. The number of benzene rings is 1. The van der Waals surface area contributed by atoms with Gasteiger partial charge in [0.1, 0.15) is 0 Å². The van der Waals surface area contributed by atoms with Crippen molar-refractivity contribution in [3.8, 4) is 0 Å². The summed E-state index contributed by atoms with van der Waals surface area (Å²) >= 11 is 5.89. The van der Waals surface area contributed by atoms with Crippen LogP contribution >= 0.6 is 11.6 Å². The first-order valence-electron chi connectivity index (χ1n) is 4.97. The zero-order valence-electron chi connectivity index (χ0n) is 8.37. The average molecular weight is 225 g/mol. The van der Waals surface area contributed by atoms with Gasteiger partial charge in [0.05, 0.1) is 6.54 Å². The molecule has 1 aliphatic rings. The van der Waals surface area contributed by atoms with E-state index in [1.807, 2.05) is 24.3 Å². The van der Waals surface area contributed by atoms with Crippen molar-refractivity contribution in [2.24, 2.45) is 0 Å². The standard InChI is InChI=1S/C11H13ClN2O/c12-10-3-1-2-9(6-10)7-14-5-4-13-11(15)8-14/h1-3,6H,4-5,7-8H2,(H,13,15). The molecule has 1 saturated heterocycles. The van der Waals surface area contributed by atoms with Gasteiger partial charge >= 0.3 is 0 Å². The zero-order valence-corrected chi connectivity index (χ0v) is 9.13. The molecule has 0 bridgehead atoms. The van der Waals surface area contributed by atoms with E-state index in [0.29, 0.717) is 6.54 Å². The number of piperazine rings is 1. The van der Waals surface area contributed by atoms with Crippen molar-refractivity contribution in [2.45, 2.75) is 6.54 Å². The summed E-state index contributed by atoms with van der Waals surface area (Å²) in [6.07, 6.45) is 0. The molecule has 0 saturated carbocycles. The second-order valence-electron chi connectivity index (χ2n) is 3.69. The van der Waals surface area contributed by atoms with Crippen LogP contribution in [0.5, 0.6) is 0 Å². The first-order valence-corrected chi connectivity index (χ1v) is 5.35. The Bertz CT molecular complexity index is 367. The van der Waals surface area contributed by atoms with Crippen molar-refractivity contribution in [1.29, 1.82) is 0 Å². The summed E-state index contributed by atoms with van der Waals surface area (Å²) in [6.45, 7) is 2.90. The second kappa shape index (κ2) is 4.64. The molecule has 1 heterocycles. The van der Waals surface area contributed by atoms with Gasteiger partial charge in [0, 0.05) is 24.7 Å². The molecule has 1 N–H and O–H groups in total. The lowest BCUT2D eigenvalue weighted by molar-refractivity contribution is -0.124. The molecular weight excluding hydrogens is 212 g/mol. The number of halogens is 1. The fourth-order valence-electron chi connectivity index (χ4n) is 1.72. The highest BCUT2D eigenvalue weighted by Crippen LogP contribution is 2.12. The SMILES string of the molecule is O=C1CN(Cc2cccc(Cl)c2)CCN1. The molecule has 3 nitrogen and oxygen atoms in total. The second-order valence-corrected chi connectivity index (χ2v) is 4.13. The Hall–Kier alpha value is -1.06. The molecule has 0 spiro atoms. The van der Waals surface area contributed by atoms with Crippen molar-refractivity contribution in [3.63, 3.8) is 0 Å².